The first-order valence-electron chi connectivity index (χ1n) is 4.90. The first kappa shape index (κ1) is 11.6. The van der Waals surface area contributed by atoms with Crippen LogP contribution < -0.4 is 0 Å². The molecule has 0 amide bonds. The molecule has 0 spiro atoms. The summed E-state index contributed by atoms with van der Waals surface area (Å²) in [6, 6.07) is 4.24. The lowest BCUT2D eigenvalue weighted by Crippen LogP contribution is -2.10. The minimum atomic E-state index is -1.81. The van der Waals surface area contributed by atoms with Crippen molar-refractivity contribution >= 4 is 11.6 Å². The van der Waals surface area contributed by atoms with Gasteiger partial charge >= 0.3 is 0 Å². The second-order valence-electron chi connectivity index (χ2n) is 4.26. The van der Waals surface area contributed by atoms with Gasteiger partial charge in [-0.15, -0.1) is 0 Å². The highest BCUT2D eigenvalue weighted by Crippen LogP contribution is 2.58. The van der Waals surface area contributed by atoms with E-state index in [2.05, 4.69) is 6.58 Å². The predicted octanol–water partition coefficient (Wildman–Crippen LogP) is 2.45. The molecule has 0 aromatic heterocycles. The van der Waals surface area contributed by atoms with Crippen LogP contribution in [-0.2, 0) is 0 Å². The Kier molecular flexibility index (Phi) is 2.57. The van der Waals surface area contributed by atoms with Gasteiger partial charge in [-0.2, -0.15) is 0 Å². The van der Waals surface area contributed by atoms with Crippen LogP contribution in [0.25, 0.3) is 0 Å². The Balaban J connectivity index is 2.33. The van der Waals surface area contributed by atoms with Crippen molar-refractivity contribution in [3.63, 3.8) is 0 Å². The zero-order chi connectivity index (χ0) is 12.1. The number of benzene rings is 1. The number of hydrogen-bond acceptors (Lipinski definition) is 2. The van der Waals surface area contributed by atoms with Crippen molar-refractivity contribution in [2.75, 3.05) is 0 Å². The molecule has 2 rings (SSSR count). The minimum absolute atomic E-state index is 0.0257. The third-order valence-electron chi connectivity index (χ3n) is 2.97. The van der Waals surface area contributed by atoms with Gasteiger partial charge in [0, 0.05) is 5.92 Å². The zero-order valence-corrected chi connectivity index (χ0v) is 9.50. The molecule has 1 aliphatic carbocycles. The van der Waals surface area contributed by atoms with Crippen molar-refractivity contribution in [2.24, 2.45) is 5.92 Å². The van der Waals surface area contributed by atoms with Crippen molar-refractivity contribution in [3.05, 3.63) is 46.8 Å². The van der Waals surface area contributed by atoms with Gasteiger partial charge in [0.05, 0.1) is 10.9 Å². The van der Waals surface area contributed by atoms with E-state index in [0.29, 0.717) is 11.1 Å². The smallest absolute Gasteiger partial charge is 0.177 e. The monoisotopic (exact) mass is 242 g/mol. The van der Waals surface area contributed by atoms with Crippen LogP contribution >= 0.6 is 11.6 Å². The van der Waals surface area contributed by atoms with Crippen LogP contribution in [0.2, 0.25) is 5.02 Å². The molecule has 1 aliphatic rings. The van der Waals surface area contributed by atoms with Crippen molar-refractivity contribution in [1.29, 1.82) is 0 Å². The van der Waals surface area contributed by atoms with Crippen molar-refractivity contribution < 1.29 is 14.6 Å². The van der Waals surface area contributed by atoms with E-state index in [4.69, 9.17) is 11.6 Å². The molecule has 1 aromatic carbocycles. The van der Waals surface area contributed by atoms with Gasteiger partial charge in [-0.3, -0.25) is 0 Å². The van der Waals surface area contributed by atoms with Gasteiger partial charge in [-0.25, -0.2) is 4.39 Å². The topological polar surface area (TPSA) is 40.5 Å². The second-order valence-corrected chi connectivity index (χ2v) is 4.67. The summed E-state index contributed by atoms with van der Waals surface area (Å²) >= 11 is 5.56. The minimum Gasteiger partial charge on any atom is -0.365 e. The molecule has 0 saturated heterocycles. The summed E-state index contributed by atoms with van der Waals surface area (Å²) in [5, 5.41) is 19.4. The normalized spacial score (nSPS) is 26.6. The van der Waals surface area contributed by atoms with E-state index >= 15 is 0 Å². The molecule has 1 aromatic rings. The molecule has 0 heterocycles. The fourth-order valence-electron chi connectivity index (χ4n) is 2.15. The largest absolute Gasteiger partial charge is 0.365 e. The summed E-state index contributed by atoms with van der Waals surface area (Å²) in [6.07, 6.45) is 0. The van der Waals surface area contributed by atoms with Gasteiger partial charge in [0.1, 0.15) is 5.82 Å². The molecule has 2 atom stereocenters. The van der Waals surface area contributed by atoms with Gasteiger partial charge in [-0.1, -0.05) is 29.8 Å². The van der Waals surface area contributed by atoms with Gasteiger partial charge in [0.2, 0.25) is 0 Å². The van der Waals surface area contributed by atoms with Crippen LogP contribution in [0.1, 0.15) is 18.4 Å². The Morgan fingerprint density at radius 2 is 2.12 bits per heavy atom. The average Bonchev–Trinajstić information content (AvgIpc) is 2.74. The van der Waals surface area contributed by atoms with Crippen LogP contribution in [0.5, 0.6) is 0 Å². The van der Waals surface area contributed by atoms with E-state index in [0.717, 1.165) is 0 Å². The molecule has 4 heteroatoms. The molecule has 2 N–H and O–H groups in total. The summed E-state index contributed by atoms with van der Waals surface area (Å²) in [7, 11) is 0. The van der Waals surface area contributed by atoms with E-state index in [9.17, 15) is 14.6 Å². The first-order chi connectivity index (χ1) is 7.35. The molecular weight excluding hydrogens is 231 g/mol. The summed E-state index contributed by atoms with van der Waals surface area (Å²) in [5.41, 5.74) is 1.20. The molecular formula is C12H12ClFO2. The van der Waals surface area contributed by atoms with E-state index in [1.54, 1.807) is 13.0 Å². The molecule has 2 nitrogen and oxygen atoms in total. The van der Waals surface area contributed by atoms with Crippen LogP contribution in [0.4, 0.5) is 4.39 Å². The lowest BCUT2D eigenvalue weighted by molar-refractivity contribution is -0.0828. The molecule has 1 saturated carbocycles. The Labute approximate surface area is 98.0 Å². The third-order valence-corrected chi connectivity index (χ3v) is 3.28. The number of hydrogen-bond donors (Lipinski definition) is 2. The average molecular weight is 243 g/mol. The third kappa shape index (κ3) is 1.65. The van der Waals surface area contributed by atoms with Gasteiger partial charge in [-0.05, 0) is 24.6 Å². The molecule has 86 valence electrons. The molecule has 0 aliphatic heterocycles. The lowest BCUT2D eigenvalue weighted by Gasteiger charge is -2.02. The maximum absolute atomic E-state index is 13.2. The van der Waals surface area contributed by atoms with Crippen molar-refractivity contribution in [3.8, 4) is 0 Å². The highest BCUT2D eigenvalue weighted by Gasteiger charge is 2.64. The highest BCUT2D eigenvalue weighted by molar-refractivity contribution is 6.30. The maximum Gasteiger partial charge on any atom is 0.177 e. The fourth-order valence-corrected chi connectivity index (χ4v) is 2.27. The van der Waals surface area contributed by atoms with E-state index < -0.39 is 23.4 Å². The van der Waals surface area contributed by atoms with Gasteiger partial charge in [0.25, 0.3) is 0 Å². The summed E-state index contributed by atoms with van der Waals surface area (Å²) in [4.78, 5) is 0. The van der Waals surface area contributed by atoms with Crippen LogP contribution in [0.3, 0.4) is 0 Å². The van der Waals surface area contributed by atoms with Crippen LogP contribution in [0, 0.1) is 11.7 Å². The van der Waals surface area contributed by atoms with Crippen molar-refractivity contribution in [1.82, 2.24) is 0 Å². The second kappa shape index (κ2) is 3.55. The Hall–Kier alpha value is -0.900. The number of rotatable bonds is 2. The van der Waals surface area contributed by atoms with Crippen LogP contribution in [0.15, 0.2) is 30.4 Å². The fraction of sp³-hybridized carbons (Fsp3) is 0.333. The van der Waals surface area contributed by atoms with Gasteiger partial charge in [0.15, 0.2) is 5.79 Å². The first-order valence-corrected chi connectivity index (χ1v) is 5.28. The summed E-state index contributed by atoms with van der Waals surface area (Å²) in [5.74, 6) is -3.32. The Morgan fingerprint density at radius 3 is 2.56 bits per heavy atom. The zero-order valence-electron chi connectivity index (χ0n) is 8.74. The Morgan fingerprint density at radius 1 is 1.50 bits per heavy atom. The highest BCUT2D eigenvalue weighted by atomic mass is 35.5. The summed E-state index contributed by atoms with van der Waals surface area (Å²) < 4.78 is 13.2. The lowest BCUT2D eigenvalue weighted by atomic mass is 10.1. The molecule has 1 fully saturated rings. The van der Waals surface area contributed by atoms with Gasteiger partial charge < -0.3 is 10.2 Å². The quantitative estimate of drug-likeness (QED) is 0.618. The van der Waals surface area contributed by atoms with Crippen molar-refractivity contribution in [2.45, 2.75) is 18.6 Å². The summed E-state index contributed by atoms with van der Waals surface area (Å²) in [6.45, 7) is 5.41. The number of halogens is 2. The predicted molar refractivity (Wildman–Crippen MR) is 59.6 cm³/mol. The number of aliphatic hydroxyl groups is 2. The SMILES string of the molecule is C=C(C)C1C(c2ccc(Cl)c(F)c2)C1(O)O. The molecule has 0 bridgehead atoms. The Bertz CT molecular complexity index is 456. The van der Waals surface area contributed by atoms with E-state index in [1.165, 1.54) is 12.1 Å². The van der Waals surface area contributed by atoms with E-state index in [-0.39, 0.29) is 5.02 Å². The maximum atomic E-state index is 13.2. The molecule has 16 heavy (non-hydrogen) atoms. The standard InChI is InChI=1S/C12H12ClFO2/c1-6(2)10-11(12(10,15)16)7-3-4-8(13)9(14)5-7/h3-5,10-11,15-16H,1H2,2H3. The molecule has 2 unspecified atom stereocenters. The van der Waals surface area contributed by atoms with Crippen LogP contribution in [-0.4, -0.2) is 16.0 Å². The van der Waals surface area contributed by atoms with E-state index in [1.807, 2.05) is 0 Å². The molecule has 0 radical (unpaired) electrons.